The average molecular weight is 291 g/mol. The Hall–Kier alpha value is -2.17. The molecule has 3 aromatic rings. The van der Waals surface area contributed by atoms with E-state index in [1.54, 1.807) is 16.9 Å². The molecule has 0 unspecified atom stereocenters. The van der Waals surface area contributed by atoms with E-state index >= 15 is 0 Å². The number of halogens is 1. The van der Waals surface area contributed by atoms with Gasteiger partial charge in [0.05, 0.1) is 18.4 Å². The molecular weight excluding hydrogens is 284 g/mol. The molecule has 3 heterocycles. The van der Waals surface area contributed by atoms with Gasteiger partial charge in [-0.3, -0.25) is 0 Å². The Kier molecular flexibility index (Phi) is 3.03. The predicted molar refractivity (Wildman–Crippen MR) is 72.2 cm³/mol. The average Bonchev–Trinajstić information content (AvgIpc) is 3.02. The summed E-state index contributed by atoms with van der Waals surface area (Å²) in [5.41, 5.74) is 2.09. The summed E-state index contributed by atoms with van der Waals surface area (Å²) in [6, 6.07) is 5.72. The summed E-state index contributed by atoms with van der Waals surface area (Å²) in [6.07, 6.45) is 3.41. The van der Waals surface area contributed by atoms with Crippen LogP contribution >= 0.6 is 23.1 Å². The summed E-state index contributed by atoms with van der Waals surface area (Å²) in [7, 11) is 0. The maximum Gasteiger partial charge on any atom is 0.162 e. The van der Waals surface area contributed by atoms with E-state index in [0.29, 0.717) is 17.1 Å². The minimum Gasteiger partial charge on any atom is -0.369 e. The first-order valence-electron chi connectivity index (χ1n) is 5.36. The van der Waals surface area contributed by atoms with E-state index in [1.807, 2.05) is 18.2 Å². The van der Waals surface area contributed by atoms with Crippen LogP contribution in [0.15, 0.2) is 24.5 Å². The van der Waals surface area contributed by atoms with Crippen LogP contribution in [-0.2, 0) is 6.54 Å². The predicted octanol–water partition coefficient (Wildman–Crippen LogP) is 2.32. The van der Waals surface area contributed by atoms with Gasteiger partial charge in [-0.25, -0.2) is 9.50 Å². The fourth-order valence-corrected chi connectivity index (χ4v) is 2.61. The van der Waals surface area contributed by atoms with E-state index in [1.165, 1.54) is 11.5 Å². The Morgan fingerprint density at radius 2 is 2.32 bits per heavy atom. The maximum absolute atomic E-state index is 8.99. The lowest BCUT2D eigenvalue weighted by molar-refractivity contribution is 0.855. The van der Waals surface area contributed by atoms with E-state index in [0.717, 1.165) is 11.3 Å². The number of hydrogen-bond acceptors (Lipinski definition) is 6. The number of nitriles is 1. The summed E-state index contributed by atoms with van der Waals surface area (Å²) in [6.45, 7) is 0.508. The summed E-state index contributed by atoms with van der Waals surface area (Å²) < 4.78 is 5.68. The Labute approximate surface area is 117 Å². The van der Waals surface area contributed by atoms with Crippen molar-refractivity contribution in [3.8, 4) is 6.07 Å². The third-order valence-electron chi connectivity index (χ3n) is 2.56. The summed E-state index contributed by atoms with van der Waals surface area (Å²) >= 11 is 6.98. The van der Waals surface area contributed by atoms with Crippen LogP contribution in [0.5, 0.6) is 0 Å². The van der Waals surface area contributed by atoms with Gasteiger partial charge in [-0.1, -0.05) is 11.6 Å². The zero-order valence-corrected chi connectivity index (χ0v) is 11.1. The molecule has 3 aromatic heterocycles. The molecule has 6 nitrogen and oxygen atoms in total. The van der Waals surface area contributed by atoms with Gasteiger partial charge in [0, 0.05) is 12.3 Å². The van der Waals surface area contributed by atoms with Crippen molar-refractivity contribution in [2.75, 3.05) is 5.32 Å². The number of fused-ring (bicyclic) bond motifs is 1. The molecule has 8 heteroatoms. The lowest BCUT2D eigenvalue weighted by atomic mass is 10.3. The van der Waals surface area contributed by atoms with E-state index in [4.69, 9.17) is 16.9 Å². The number of anilines is 1. The monoisotopic (exact) mass is 290 g/mol. The first-order valence-corrected chi connectivity index (χ1v) is 6.51. The lowest BCUT2D eigenvalue weighted by Crippen LogP contribution is -2.06. The second-order valence-electron chi connectivity index (χ2n) is 3.68. The highest BCUT2D eigenvalue weighted by molar-refractivity contribution is 7.10. The quantitative estimate of drug-likeness (QED) is 0.801. The third kappa shape index (κ3) is 2.12. The van der Waals surface area contributed by atoms with Gasteiger partial charge in [-0.2, -0.15) is 14.7 Å². The van der Waals surface area contributed by atoms with Crippen molar-refractivity contribution in [2.45, 2.75) is 6.54 Å². The molecule has 0 bridgehead atoms. The smallest absolute Gasteiger partial charge is 0.162 e. The summed E-state index contributed by atoms with van der Waals surface area (Å²) in [4.78, 5) is 4.18. The maximum atomic E-state index is 8.99. The van der Waals surface area contributed by atoms with E-state index in [2.05, 4.69) is 19.8 Å². The Balaban J connectivity index is 1.87. The van der Waals surface area contributed by atoms with Gasteiger partial charge in [0.25, 0.3) is 0 Å². The van der Waals surface area contributed by atoms with Crippen molar-refractivity contribution in [1.29, 1.82) is 5.26 Å². The van der Waals surface area contributed by atoms with Gasteiger partial charge in [0.2, 0.25) is 0 Å². The minimum atomic E-state index is 0.231. The molecule has 0 aliphatic carbocycles. The van der Waals surface area contributed by atoms with Crippen LogP contribution in [0.3, 0.4) is 0 Å². The van der Waals surface area contributed by atoms with Gasteiger partial charge in [0.1, 0.15) is 16.6 Å². The molecular formula is C11H7ClN6S. The van der Waals surface area contributed by atoms with Gasteiger partial charge in [0.15, 0.2) is 10.8 Å². The van der Waals surface area contributed by atoms with E-state index in [-0.39, 0.29) is 5.15 Å². The van der Waals surface area contributed by atoms with Crippen LogP contribution in [0.1, 0.15) is 11.3 Å². The molecule has 0 saturated carbocycles. The highest BCUT2D eigenvalue weighted by atomic mass is 35.5. The first-order chi connectivity index (χ1) is 9.29. The van der Waals surface area contributed by atoms with E-state index < -0.39 is 0 Å². The zero-order valence-electron chi connectivity index (χ0n) is 9.54. The molecule has 0 aromatic carbocycles. The van der Waals surface area contributed by atoms with Crippen LogP contribution < -0.4 is 5.32 Å². The molecule has 0 aliphatic heterocycles. The molecule has 0 saturated heterocycles. The number of hydrogen-bond donors (Lipinski definition) is 1. The molecule has 0 spiro atoms. The van der Waals surface area contributed by atoms with Gasteiger partial charge < -0.3 is 5.32 Å². The van der Waals surface area contributed by atoms with Crippen molar-refractivity contribution < 1.29 is 0 Å². The second kappa shape index (κ2) is 4.84. The van der Waals surface area contributed by atoms with Crippen LogP contribution in [0, 0.1) is 11.3 Å². The molecule has 19 heavy (non-hydrogen) atoms. The standard InChI is InChI=1S/C11H7ClN6S/c12-10-8(5-13)11(19-17-10)15-6-7-1-3-14-9-2-4-16-18(7)9/h1-4,15H,6H2. The van der Waals surface area contributed by atoms with Crippen LogP contribution in [0.4, 0.5) is 5.00 Å². The van der Waals surface area contributed by atoms with Crippen LogP contribution in [0.25, 0.3) is 5.65 Å². The molecule has 3 rings (SSSR count). The molecule has 0 radical (unpaired) electrons. The van der Waals surface area contributed by atoms with Crippen molar-refractivity contribution >= 4 is 33.8 Å². The fraction of sp³-hybridized carbons (Fsp3) is 0.0909. The second-order valence-corrected chi connectivity index (χ2v) is 4.81. The van der Waals surface area contributed by atoms with Crippen molar-refractivity contribution in [1.82, 2.24) is 19.0 Å². The molecule has 1 N–H and O–H groups in total. The Morgan fingerprint density at radius 3 is 3.16 bits per heavy atom. The van der Waals surface area contributed by atoms with E-state index in [9.17, 15) is 0 Å². The van der Waals surface area contributed by atoms with Gasteiger partial charge >= 0.3 is 0 Å². The summed E-state index contributed by atoms with van der Waals surface area (Å²) in [5.74, 6) is 0. The topological polar surface area (TPSA) is 78.9 Å². The Bertz CT molecular complexity index is 771. The van der Waals surface area contributed by atoms with Gasteiger partial charge in [-0.05, 0) is 17.6 Å². The van der Waals surface area contributed by atoms with Crippen molar-refractivity contribution in [3.05, 3.63) is 40.9 Å². The van der Waals surface area contributed by atoms with Gasteiger partial charge in [-0.15, -0.1) is 0 Å². The van der Waals surface area contributed by atoms with Crippen LogP contribution in [0.2, 0.25) is 5.15 Å². The van der Waals surface area contributed by atoms with Crippen LogP contribution in [-0.4, -0.2) is 19.0 Å². The normalized spacial score (nSPS) is 10.5. The first kappa shape index (κ1) is 11.9. The number of nitrogens with one attached hydrogen (secondary N) is 1. The molecule has 94 valence electrons. The number of aromatic nitrogens is 4. The zero-order chi connectivity index (χ0) is 13.2. The fourth-order valence-electron chi connectivity index (χ4n) is 1.68. The molecule has 0 atom stereocenters. The number of rotatable bonds is 3. The summed E-state index contributed by atoms with van der Waals surface area (Å²) in [5, 5.41) is 17.2. The third-order valence-corrected chi connectivity index (χ3v) is 3.74. The largest absolute Gasteiger partial charge is 0.369 e. The van der Waals surface area contributed by atoms with Crippen molar-refractivity contribution in [2.24, 2.45) is 0 Å². The highest BCUT2D eigenvalue weighted by Gasteiger charge is 2.11. The number of nitrogens with zero attached hydrogens (tertiary/aromatic N) is 5. The molecule has 0 aliphatic rings. The minimum absolute atomic E-state index is 0.231. The molecule has 0 amide bonds. The Morgan fingerprint density at radius 1 is 1.42 bits per heavy atom. The molecule has 0 fully saturated rings. The SMILES string of the molecule is N#Cc1c(Cl)nsc1NCc1ccnc2ccnn12. The lowest BCUT2D eigenvalue weighted by Gasteiger charge is -2.05. The highest BCUT2D eigenvalue weighted by Crippen LogP contribution is 2.27. The van der Waals surface area contributed by atoms with Crippen molar-refractivity contribution in [3.63, 3.8) is 0 Å².